The van der Waals surface area contributed by atoms with Crippen molar-refractivity contribution in [2.75, 3.05) is 0 Å². The summed E-state index contributed by atoms with van der Waals surface area (Å²) >= 11 is 1.89. The van der Waals surface area contributed by atoms with Crippen molar-refractivity contribution in [1.29, 1.82) is 0 Å². The van der Waals surface area contributed by atoms with Gasteiger partial charge in [-0.3, -0.25) is 0 Å². The molecule has 4 aromatic carbocycles. The van der Waals surface area contributed by atoms with Crippen molar-refractivity contribution < 1.29 is 0 Å². The first-order valence-electron chi connectivity index (χ1n) is 16.2. The molecule has 0 atom stereocenters. The molecule has 0 nitrogen and oxygen atoms in total. The lowest BCUT2D eigenvalue weighted by molar-refractivity contribution is 0.816. The van der Waals surface area contributed by atoms with E-state index in [-0.39, 0.29) is 0 Å². The lowest BCUT2D eigenvalue weighted by Gasteiger charge is -2.22. The summed E-state index contributed by atoms with van der Waals surface area (Å²) in [6, 6.07) is 33.6. The van der Waals surface area contributed by atoms with E-state index in [2.05, 4.69) is 140 Å². The topological polar surface area (TPSA) is 0 Å². The number of allylic oxidation sites excluding steroid dienone is 13. The Bertz CT molecular complexity index is 2170. The highest BCUT2D eigenvalue weighted by Crippen LogP contribution is 2.41. The molecule has 0 unspecified atom stereocenters. The second kappa shape index (κ2) is 12.0. The first kappa shape index (κ1) is 27.8. The Morgan fingerprint density at radius 2 is 1.36 bits per heavy atom. The summed E-state index contributed by atoms with van der Waals surface area (Å²) < 4.78 is 2.70. The van der Waals surface area contributed by atoms with Gasteiger partial charge in [-0.1, -0.05) is 122 Å². The van der Waals surface area contributed by atoms with Gasteiger partial charge in [0.2, 0.25) is 0 Å². The summed E-state index contributed by atoms with van der Waals surface area (Å²) in [6.45, 7) is 4.54. The molecule has 3 aliphatic rings. The zero-order chi connectivity index (χ0) is 30.2. The molecular formula is C44H36S. The van der Waals surface area contributed by atoms with Crippen LogP contribution in [-0.2, 0) is 0 Å². The van der Waals surface area contributed by atoms with Crippen LogP contribution in [0.2, 0.25) is 0 Å². The molecule has 218 valence electrons. The molecule has 0 bridgehead atoms. The Morgan fingerprint density at radius 1 is 0.600 bits per heavy atom. The van der Waals surface area contributed by atoms with Gasteiger partial charge in [0.1, 0.15) is 0 Å². The Morgan fingerprint density at radius 3 is 2.27 bits per heavy atom. The van der Waals surface area contributed by atoms with E-state index in [1.807, 2.05) is 11.3 Å². The molecule has 1 heterocycles. The van der Waals surface area contributed by atoms with Crippen molar-refractivity contribution in [3.8, 4) is 22.3 Å². The van der Waals surface area contributed by atoms with Crippen LogP contribution in [0, 0.1) is 0 Å². The van der Waals surface area contributed by atoms with Crippen LogP contribution in [0.1, 0.15) is 44.1 Å². The van der Waals surface area contributed by atoms with Crippen LogP contribution in [0.25, 0.3) is 48.0 Å². The Labute approximate surface area is 270 Å². The average molecular weight is 597 g/mol. The van der Waals surface area contributed by atoms with Crippen molar-refractivity contribution in [1.82, 2.24) is 0 Å². The minimum absolute atomic E-state index is 0.942. The summed E-state index contributed by atoms with van der Waals surface area (Å²) in [6.07, 6.45) is 23.0. The summed E-state index contributed by atoms with van der Waals surface area (Å²) in [5.41, 5.74) is 14.5. The third-order valence-corrected chi connectivity index (χ3v) is 10.7. The molecule has 0 saturated heterocycles. The molecule has 1 aromatic heterocycles. The first-order chi connectivity index (χ1) is 22.2. The number of hydrogen-bond acceptors (Lipinski definition) is 1. The van der Waals surface area contributed by atoms with E-state index in [1.54, 1.807) is 5.57 Å². The molecule has 1 heteroatoms. The number of fused-ring (bicyclic) bond motifs is 4. The summed E-state index contributed by atoms with van der Waals surface area (Å²) in [7, 11) is 0. The summed E-state index contributed by atoms with van der Waals surface area (Å²) in [5.74, 6) is 0. The van der Waals surface area contributed by atoms with Crippen LogP contribution in [0.3, 0.4) is 0 Å². The molecular weight excluding hydrogens is 561 g/mol. The SMILES string of the molecule is C=C1/C=C\C(c2cccc(-c3cccc(-c4cccc5c4sc4ccccc45)c3)c2)=C/CC2=C(CCCC=C2)C2=C1C=CCC2. The van der Waals surface area contributed by atoms with Crippen molar-refractivity contribution in [3.05, 3.63) is 174 Å². The van der Waals surface area contributed by atoms with Gasteiger partial charge in [0.25, 0.3) is 0 Å². The third kappa shape index (κ3) is 5.32. The summed E-state index contributed by atoms with van der Waals surface area (Å²) in [5, 5.41) is 2.68. The van der Waals surface area contributed by atoms with Crippen molar-refractivity contribution in [3.63, 3.8) is 0 Å². The molecule has 0 saturated carbocycles. The second-order valence-electron chi connectivity index (χ2n) is 12.3. The Hall–Kier alpha value is -4.72. The van der Waals surface area contributed by atoms with E-state index < -0.39 is 0 Å². The largest absolute Gasteiger partial charge is 0.135 e. The molecule has 5 aromatic rings. The third-order valence-electron chi connectivity index (χ3n) is 9.50. The molecule has 45 heavy (non-hydrogen) atoms. The number of thiophene rings is 1. The molecule has 0 amide bonds. The van der Waals surface area contributed by atoms with Gasteiger partial charge >= 0.3 is 0 Å². The van der Waals surface area contributed by atoms with Gasteiger partial charge in [0, 0.05) is 20.2 Å². The standard InChI is InChI=1S/C44H36S/c1-30-24-25-31(26-27-32-12-3-2-4-18-38(32)40-19-6-5-17-37(30)40)33-13-9-14-34(28-33)35-15-10-16-36(29-35)39-21-11-22-42-41-20-7-8-23-43(41)45-44(39)42/h3,5,7-17,20-26,28-29H,1-2,4,6,18-19,27H2/b25-24-,31-26+. The van der Waals surface area contributed by atoms with E-state index in [0.717, 1.165) is 37.7 Å². The highest BCUT2D eigenvalue weighted by Gasteiger charge is 2.19. The predicted octanol–water partition coefficient (Wildman–Crippen LogP) is 13.0. The number of rotatable bonds is 3. The maximum atomic E-state index is 4.54. The fraction of sp³-hybridized carbons (Fsp3) is 0.136. The zero-order valence-corrected chi connectivity index (χ0v) is 26.4. The fourth-order valence-electron chi connectivity index (χ4n) is 7.20. The monoisotopic (exact) mass is 596 g/mol. The van der Waals surface area contributed by atoms with Crippen LogP contribution in [-0.4, -0.2) is 0 Å². The number of hydrogen-bond donors (Lipinski definition) is 0. The quantitative estimate of drug-likeness (QED) is 0.194. The van der Waals surface area contributed by atoms with Crippen molar-refractivity contribution in [2.45, 2.75) is 38.5 Å². The van der Waals surface area contributed by atoms with Gasteiger partial charge < -0.3 is 0 Å². The lowest BCUT2D eigenvalue weighted by Crippen LogP contribution is -2.03. The van der Waals surface area contributed by atoms with Crippen molar-refractivity contribution in [2.24, 2.45) is 0 Å². The maximum Gasteiger partial charge on any atom is 0.0433 e. The van der Waals surface area contributed by atoms with Crippen LogP contribution in [0.4, 0.5) is 0 Å². The zero-order valence-electron chi connectivity index (χ0n) is 25.6. The molecule has 3 aliphatic carbocycles. The number of benzene rings is 4. The van der Waals surface area contributed by atoms with Gasteiger partial charge in [0.15, 0.2) is 0 Å². The van der Waals surface area contributed by atoms with E-state index in [4.69, 9.17) is 0 Å². The minimum atomic E-state index is 0.942. The molecule has 0 aliphatic heterocycles. The van der Waals surface area contributed by atoms with Crippen LogP contribution < -0.4 is 0 Å². The van der Waals surface area contributed by atoms with E-state index in [9.17, 15) is 0 Å². The highest BCUT2D eigenvalue weighted by molar-refractivity contribution is 7.26. The predicted molar refractivity (Wildman–Crippen MR) is 196 cm³/mol. The van der Waals surface area contributed by atoms with Gasteiger partial charge in [0.05, 0.1) is 0 Å². The smallest absolute Gasteiger partial charge is 0.0433 e. The Kier molecular flexibility index (Phi) is 7.41. The maximum absolute atomic E-state index is 4.54. The average Bonchev–Trinajstić information content (AvgIpc) is 3.31. The molecule has 0 N–H and O–H groups in total. The van der Waals surface area contributed by atoms with Gasteiger partial charge in [-0.15, -0.1) is 11.3 Å². The minimum Gasteiger partial charge on any atom is -0.135 e. The summed E-state index contributed by atoms with van der Waals surface area (Å²) in [4.78, 5) is 0. The first-order valence-corrected chi connectivity index (χ1v) is 17.0. The van der Waals surface area contributed by atoms with Gasteiger partial charge in [-0.2, -0.15) is 0 Å². The van der Waals surface area contributed by atoms with E-state index in [0.29, 0.717) is 0 Å². The molecule has 0 radical (unpaired) electrons. The van der Waals surface area contributed by atoms with Crippen LogP contribution in [0.15, 0.2) is 168 Å². The van der Waals surface area contributed by atoms with Crippen molar-refractivity contribution >= 4 is 37.1 Å². The molecule has 0 spiro atoms. The molecule has 8 rings (SSSR count). The van der Waals surface area contributed by atoms with Gasteiger partial charge in [-0.25, -0.2) is 0 Å². The van der Waals surface area contributed by atoms with Crippen LogP contribution in [0.5, 0.6) is 0 Å². The normalized spacial score (nSPS) is 18.8. The lowest BCUT2D eigenvalue weighted by atomic mass is 9.82. The fourth-order valence-corrected chi connectivity index (χ4v) is 8.44. The Balaban J connectivity index is 1.18. The molecule has 0 fully saturated rings. The second-order valence-corrected chi connectivity index (χ2v) is 13.3. The van der Waals surface area contributed by atoms with Gasteiger partial charge in [-0.05, 0) is 118 Å². The van der Waals surface area contributed by atoms with E-state index in [1.165, 1.54) is 76.7 Å². The van der Waals surface area contributed by atoms with E-state index >= 15 is 0 Å². The van der Waals surface area contributed by atoms with Crippen LogP contribution >= 0.6 is 11.3 Å². The highest BCUT2D eigenvalue weighted by atomic mass is 32.1.